The third-order valence-corrected chi connectivity index (χ3v) is 8.42. The fraction of sp³-hybridized carbons (Fsp3) is 0.130. The van der Waals surface area contributed by atoms with Crippen LogP contribution in [-0.4, -0.2) is 37.6 Å². The largest absolute Gasteiger partial charge is 0.382 e. The Kier molecular flexibility index (Phi) is 5.83. The molecule has 0 fully saturated rings. The first-order valence-electron chi connectivity index (χ1n) is 9.58. The van der Waals surface area contributed by atoms with Crippen LogP contribution in [0.25, 0.3) is 11.0 Å². The molecule has 0 N–H and O–H groups in total. The van der Waals surface area contributed by atoms with Crippen LogP contribution in [0.2, 0.25) is 0 Å². The number of sulfone groups is 1. The number of ketones is 1. The van der Waals surface area contributed by atoms with Crippen molar-refractivity contribution in [3.63, 3.8) is 0 Å². The zero-order valence-electron chi connectivity index (χ0n) is 17.5. The molecule has 0 bridgehead atoms. The molecule has 0 aliphatic carbocycles. The van der Waals surface area contributed by atoms with Gasteiger partial charge in [0.25, 0.3) is 5.56 Å². The molecule has 0 atom stereocenters. The highest BCUT2D eigenvalue weighted by Gasteiger charge is 2.29. The fourth-order valence-electron chi connectivity index (χ4n) is 3.29. The number of aromatic nitrogens is 1. The number of benzene rings is 2. The predicted octanol–water partition coefficient (Wildman–Crippen LogP) is 3.51. The lowest BCUT2D eigenvalue weighted by Gasteiger charge is -2.03. The first-order valence-corrected chi connectivity index (χ1v) is 12.7. The van der Waals surface area contributed by atoms with Gasteiger partial charge < -0.3 is 4.90 Å². The van der Waals surface area contributed by atoms with E-state index in [1.54, 1.807) is 61.6 Å². The highest BCUT2D eigenvalue weighted by Crippen LogP contribution is 2.30. The van der Waals surface area contributed by atoms with Crippen LogP contribution < -0.4 is 10.1 Å². The summed E-state index contributed by atoms with van der Waals surface area (Å²) in [6.07, 6.45) is 1.62. The maximum atomic E-state index is 13.5. The van der Waals surface area contributed by atoms with Gasteiger partial charge in [-0.15, -0.1) is 11.3 Å². The topological polar surface area (TPSA) is 75.9 Å². The van der Waals surface area contributed by atoms with Crippen molar-refractivity contribution in [1.82, 2.24) is 9.30 Å². The first-order chi connectivity index (χ1) is 15.1. The van der Waals surface area contributed by atoms with Crippen molar-refractivity contribution in [3.05, 3.63) is 90.8 Å². The molecule has 2 heterocycles. The van der Waals surface area contributed by atoms with E-state index in [0.29, 0.717) is 10.1 Å². The molecule has 0 saturated heterocycles. The number of fused-ring (bicyclic) bond motifs is 1. The van der Waals surface area contributed by atoms with E-state index in [9.17, 15) is 18.0 Å². The molecule has 9 heteroatoms. The number of hydrogen-bond donors (Lipinski definition) is 0. The number of carbonyl (C=O) groups excluding carboxylic acids is 1. The number of carbonyl (C=O) groups is 1. The Balaban J connectivity index is 2.02. The first kappa shape index (κ1) is 22.4. The van der Waals surface area contributed by atoms with Crippen LogP contribution in [0, 0.1) is 6.92 Å². The Labute approximate surface area is 197 Å². The van der Waals surface area contributed by atoms with Gasteiger partial charge in [0.15, 0.2) is 0 Å². The van der Waals surface area contributed by atoms with E-state index < -0.39 is 21.2 Å². The van der Waals surface area contributed by atoms with Gasteiger partial charge in [0, 0.05) is 30.3 Å². The molecule has 32 heavy (non-hydrogen) atoms. The Morgan fingerprint density at radius 3 is 2.28 bits per heavy atom. The zero-order valence-corrected chi connectivity index (χ0v) is 20.7. The summed E-state index contributed by atoms with van der Waals surface area (Å²) >= 11 is 4.39. The molecular formula is C23H19BrN2O4S2. The average molecular weight is 531 g/mol. The molecule has 0 saturated carbocycles. The summed E-state index contributed by atoms with van der Waals surface area (Å²) in [5.41, 5.74) is 0.880. The second-order valence-corrected chi connectivity index (χ2v) is 11.4. The summed E-state index contributed by atoms with van der Waals surface area (Å²) in [5, 5.41) is 0. The Morgan fingerprint density at radius 1 is 1.06 bits per heavy atom. The third kappa shape index (κ3) is 3.92. The zero-order chi connectivity index (χ0) is 23.2. The molecule has 0 spiro atoms. The highest BCUT2D eigenvalue weighted by atomic mass is 79.9. The molecule has 0 amide bonds. The van der Waals surface area contributed by atoms with Crippen molar-refractivity contribution >= 4 is 53.9 Å². The lowest BCUT2D eigenvalue weighted by molar-refractivity contribution is 0.103. The lowest BCUT2D eigenvalue weighted by Crippen LogP contribution is -2.27. The van der Waals surface area contributed by atoms with Gasteiger partial charge in [-0.05, 0) is 49.4 Å². The predicted molar refractivity (Wildman–Crippen MR) is 129 cm³/mol. The molecule has 164 valence electrons. The molecule has 0 aliphatic heterocycles. The quantitative estimate of drug-likeness (QED) is 0.369. The SMILES string of the molecule is Cc1ccc(S(=O)(=O)c2cc(C(=O)c3ccc(Br)cc3)n3c(=O)/c(=C/N(C)C)sc23)cc1. The van der Waals surface area contributed by atoms with Crippen LogP contribution in [0.5, 0.6) is 0 Å². The van der Waals surface area contributed by atoms with Crippen LogP contribution in [-0.2, 0) is 9.84 Å². The van der Waals surface area contributed by atoms with Gasteiger partial charge in [0.05, 0.1) is 10.6 Å². The van der Waals surface area contributed by atoms with Crippen molar-refractivity contribution in [2.24, 2.45) is 0 Å². The third-order valence-electron chi connectivity index (χ3n) is 4.88. The van der Waals surface area contributed by atoms with Crippen LogP contribution in [0.4, 0.5) is 0 Å². The van der Waals surface area contributed by atoms with E-state index in [2.05, 4.69) is 15.9 Å². The van der Waals surface area contributed by atoms with Gasteiger partial charge in [-0.3, -0.25) is 14.0 Å². The van der Waals surface area contributed by atoms with Gasteiger partial charge in [-0.2, -0.15) is 0 Å². The maximum absolute atomic E-state index is 13.5. The summed E-state index contributed by atoms with van der Waals surface area (Å²) in [5.74, 6) is -0.427. The van der Waals surface area contributed by atoms with E-state index in [1.165, 1.54) is 22.6 Å². The minimum absolute atomic E-state index is 0.0210. The highest BCUT2D eigenvalue weighted by molar-refractivity contribution is 9.10. The summed E-state index contributed by atoms with van der Waals surface area (Å²) in [7, 11) is -0.412. The van der Waals surface area contributed by atoms with Crippen LogP contribution in [0.15, 0.2) is 73.7 Å². The van der Waals surface area contributed by atoms with Crippen molar-refractivity contribution < 1.29 is 13.2 Å². The van der Waals surface area contributed by atoms with E-state index >= 15 is 0 Å². The van der Waals surface area contributed by atoms with Gasteiger partial charge in [0.2, 0.25) is 15.6 Å². The minimum atomic E-state index is -3.95. The molecule has 2 aromatic carbocycles. The second-order valence-electron chi connectivity index (χ2n) is 7.55. The minimum Gasteiger partial charge on any atom is -0.382 e. The molecule has 4 aromatic rings. The van der Waals surface area contributed by atoms with Gasteiger partial charge in [-0.25, -0.2) is 8.42 Å². The van der Waals surface area contributed by atoms with E-state index in [1.807, 2.05) is 6.92 Å². The summed E-state index contributed by atoms with van der Waals surface area (Å²) in [4.78, 5) is 28.4. The van der Waals surface area contributed by atoms with Crippen molar-refractivity contribution in [2.45, 2.75) is 16.7 Å². The van der Waals surface area contributed by atoms with Crippen LogP contribution in [0.1, 0.15) is 21.6 Å². The normalized spacial score (nSPS) is 12.4. The number of hydrogen-bond acceptors (Lipinski definition) is 6. The smallest absolute Gasteiger partial charge is 0.275 e. The van der Waals surface area contributed by atoms with Crippen LogP contribution >= 0.6 is 27.3 Å². The number of rotatable bonds is 5. The van der Waals surface area contributed by atoms with Gasteiger partial charge >= 0.3 is 0 Å². The number of thiazole rings is 1. The van der Waals surface area contributed by atoms with Crippen molar-refractivity contribution in [2.75, 3.05) is 14.1 Å². The summed E-state index contributed by atoms with van der Waals surface area (Å²) < 4.78 is 29.3. The van der Waals surface area contributed by atoms with E-state index in [-0.39, 0.29) is 20.3 Å². The number of aryl methyl sites for hydroxylation is 1. The average Bonchev–Trinajstić information content (AvgIpc) is 3.26. The fourth-order valence-corrected chi connectivity index (χ4v) is 6.43. The summed E-state index contributed by atoms with van der Waals surface area (Å²) in [6, 6.07) is 14.5. The van der Waals surface area contributed by atoms with E-state index in [4.69, 9.17) is 0 Å². The summed E-state index contributed by atoms with van der Waals surface area (Å²) in [6.45, 7) is 1.87. The molecule has 6 nitrogen and oxygen atoms in total. The number of nitrogens with zero attached hydrogens (tertiary/aromatic N) is 2. The molecule has 0 unspecified atom stereocenters. The molecule has 2 aromatic heterocycles. The maximum Gasteiger partial charge on any atom is 0.275 e. The molecule has 0 aliphatic rings. The monoisotopic (exact) mass is 530 g/mol. The Morgan fingerprint density at radius 2 is 1.69 bits per heavy atom. The second kappa shape index (κ2) is 8.31. The van der Waals surface area contributed by atoms with Gasteiger partial charge in [0.1, 0.15) is 14.3 Å². The lowest BCUT2D eigenvalue weighted by atomic mass is 10.1. The molecule has 4 rings (SSSR count). The van der Waals surface area contributed by atoms with E-state index in [0.717, 1.165) is 21.4 Å². The van der Waals surface area contributed by atoms with Crippen molar-refractivity contribution in [3.8, 4) is 0 Å². The standard InChI is InChI=1S/C23H19BrN2O4S2/c1-14-4-10-17(11-5-14)32(29,30)20-12-18(21(27)15-6-8-16(24)9-7-15)26-22(28)19(13-25(2)3)31-23(20)26/h4-13H,1-3H3/b19-13-. The Hall–Kier alpha value is -2.75. The van der Waals surface area contributed by atoms with Crippen LogP contribution in [0.3, 0.4) is 0 Å². The van der Waals surface area contributed by atoms with Gasteiger partial charge in [-0.1, -0.05) is 33.6 Å². The Bertz CT molecular complexity index is 1550. The molecular weight excluding hydrogens is 512 g/mol. The number of halogens is 1. The van der Waals surface area contributed by atoms with Crippen molar-refractivity contribution in [1.29, 1.82) is 0 Å². The molecule has 0 radical (unpaired) electrons.